The molecule has 1 rings (SSSR count). The van der Waals surface area contributed by atoms with Gasteiger partial charge in [0.1, 0.15) is 5.75 Å². The number of methoxy groups -OCH3 is 1. The molecule has 0 fully saturated rings. The van der Waals surface area contributed by atoms with E-state index < -0.39 is 0 Å². The highest BCUT2D eigenvalue weighted by Crippen LogP contribution is 2.34. The van der Waals surface area contributed by atoms with E-state index in [2.05, 4.69) is 41.9 Å². The molecule has 0 unspecified atom stereocenters. The maximum absolute atomic E-state index is 5.56. The van der Waals surface area contributed by atoms with Gasteiger partial charge >= 0.3 is 0 Å². The van der Waals surface area contributed by atoms with Crippen molar-refractivity contribution in [3.05, 3.63) is 28.2 Å². The highest BCUT2D eigenvalue weighted by molar-refractivity contribution is 9.10. The fourth-order valence-corrected chi connectivity index (χ4v) is 2.18. The van der Waals surface area contributed by atoms with Gasteiger partial charge in [-0.3, -0.25) is 0 Å². The lowest BCUT2D eigenvalue weighted by Gasteiger charge is -2.25. The van der Waals surface area contributed by atoms with Crippen molar-refractivity contribution in [2.45, 2.75) is 32.1 Å². The van der Waals surface area contributed by atoms with Crippen LogP contribution in [0.5, 0.6) is 5.75 Å². The van der Waals surface area contributed by atoms with Crippen LogP contribution in [-0.4, -0.2) is 13.7 Å². The Morgan fingerprint density at radius 2 is 2.06 bits per heavy atom. The van der Waals surface area contributed by atoms with E-state index in [0.717, 1.165) is 29.6 Å². The van der Waals surface area contributed by atoms with Gasteiger partial charge in [-0.2, -0.15) is 0 Å². The highest BCUT2D eigenvalue weighted by Gasteiger charge is 2.20. The van der Waals surface area contributed by atoms with E-state index in [9.17, 15) is 0 Å². The van der Waals surface area contributed by atoms with Crippen molar-refractivity contribution in [1.29, 1.82) is 0 Å². The smallest absolute Gasteiger partial charge is 0.133 e. The van der Waals surface area contributed by atoms with Crippen LogP contribution >= 0.6 is 15.9 Å². The molecule has 0 spiro atoms. The van der Waals surface area contributed by atoms with Gasteiger partial charge in [-0.15, -0.1) is 0 Å². The molecule has 0 aromatic heterocycles. The van der Waals surface area contributed by atoms with E-state index in [1.165, 1.54) is 5.56 Å². The van der Waals surface area contributed by atoms with Gasteiger partial charge in [0.05, 0.1) is 11.6 Å². The van der Waals surface area contributed by atoms with Crippen LogP contribution < -0.4 is 10.5 Å². The summed E-state index contributed by atoms with van der Waals surface area (Å²) in [7, 11) is 1.69. The minimum Gasteiger partial charge on any atom is -0.496 e. The topological polar surface area (TPSA) is 35.2 Å². The minimum absolute atomic E-state index is 0.146. The number of ether oxygens (including phenoxy) is 1. The molecule has 3 heteroatoms. The zero-order valence-electron chi connectivity index (χ0n) is 10.2. The van der Waals surface area contributed by atoms with Gasteiger partial charge in [-0.25, -0.2) is 0 Å². The van der Waals surface area contributed by atoms with Crippen molar-refractivity contribution in [3.8, 4) is 5.75 Å². The van der Waals surface area contributed by atoms with Gasteiger partial charge in [0.2, 0.25) is 0 Å². The average molecular weight is 286 g/mol. The lowest BCUT2D eigenvalue weighted by atomic mass is 9.80. The Labute approximate surface area is 106 Å². The molecule has 0 aliphatic rings. The standard InChI is InChI=1S/C13H20BrNO/c1-13(2,7-4-8-15)10-5-6-11(14)12(9-10)16-3/h5-6,9H,4,7-8,15H2,1-3H3. The maximum Gasteiger partial charge on any atom is 0.133 e. The summed E-state index contributed by atoms with van der Waals surface area (Å²) in [4.78, 5) is 0. The first-order valence-electron chi connectivity index (χ1n) is 5.55. The molecule has 0 atom stereocenters. The molecule has 0 heterocycles. The third-order valence-electron chi connectivity index (χ3n) is 2.94. The molecule has 1 aromatic rings. The zero-order valence-corrected chi connectivity index (χ0v) is 11.8. The quantitative estimate of drug-likeness (QED) is 0.899. The van der Waals surface area contributed by atoms with Gasteiger partial charge in [0.25, 0.3) is 0 Å². The Kier molecular flexibility index (Phi) is 4.81. The number of nitrogens with two attached hydrogens (primary N) is 1. The second-order valence-corrected chi connectivity index (χ2v) is 5.48. The van der Waals surface area contributed by atoms with Crippen LogP contribution in [0, 0.1) is 0 Å². The molecule has 0 saturated heterocycles. The predicted octanol–water partition coefficient (Wildman–Crippen LogP) is 3.47. The SMILES string of the molecule is COc1cc(C(C)(C)CCCN)ccc1Br. The van der Waals surface area contributed by atoms with E-state index in [4.69, 9.17) is 10.5 Å². The third-order valence-corrected chi connectivity index (χ3v) is 3.59. The summed E-state index contributed by atoms with van der Waals surface area (Å²) in [6.45, 7) is 5.23. The zero-order chi connectivity index (χ0) is 12.2. The Balaban J connectivity index is 2.94. The second kappa shape index (κ2) is 5.69. The Morgan fingerprint density at radius 3 is 2.62 bits per heavy atom. The number of rotatable bonds is 5. The monoisotopic (exact) mass is 285 g/mol. The van der Waals surface area contributed by atoms with Crippen LogP contribution in [0.4, 0.5) is 0 Å². The molecule has 0 bridgehead atoms. The molecule has 0 aliphatic carbocycles. The summed E-state index contributed by atoms with van der Waals surface area (Å²) in [6, 6.07) is 6.28. The normalized spacial score (nSPS) is 11.6. The highest BCUT2D eigenvalue weighted by atomic mass is 79.9. The molecule has 0 aliphatic heterocycles. The number of hydrogen-bond acceptors (Lipinski definition) is 2. The van der Waals surface area contributed by atoms with Gasteiger partial charge in [0, 0.05) is 0 Å². The Bertz CT molecular complexity index is 350. The number of benzene rings is 1. The van der Waals surface area contributed by atoms with E-state index in [0.29, 0.717) is 0 Å². The van der Waals surface area contributed by atoms with Gasteiger partial charge in [0.15, 0.2) is 0 Å². The molecule has 90 valence electrons. The predicted molar refractivity (Wildman–Crippen MR) is 72.0 cm³/mol. The van der Waals surface area contributed by atoms with Crippen molar-refractivity contribution >= 4 is 15.9 Å². The van der Waals surface area contributed by atoms with E-state index in [1.54, 1.807) is 7.11 Å². The first-order chi connectivity index (χ1) is 7.51. The summed E-state index contributed by atoms with van der Waals surface area (Å²) in [6.07, 6.45) is 2.14. The van der Waals surface area contributed by atoms with Gasteiger partial charge in [-0.1, -0.05) is 19.9 Å². The third kappa shape index (κ3) is 3.22. The van der Waals surface area contributed by atoms with Crippen LogP contribution in [0.25, 0.3) is 0 Å². The summed E-state index contributed by atoms with van der Waals surface area (Å²) in [5, 5.41) is 0. The summed E-state index contributed by atoms with van der Waals surface area (Å²) >= 11 is 3.46. The molecule has 2 N–H and O–H groups in total. The van der Waals surface area contributed by atoms with E-state index >= 15 is 0 Å². The van der Waals surface area contributed by atoms with Crippen LogP contribution in [-0.2, 0) is 5.41 Å². The van der Waals surface area contributed by atoms with Crippen molar-refractivity contribution in [3.63, 3.8) is 0 Å². The van der Waals surface area contributed by atoms with Crippen LogP contribution in [0.3, 0.4) is 0 Å². The fourth-order valence-electron chi connectivity index (χ4n) is 1.77. The first kappa shape index (κ1) is 13.5. The summed E-state index contributed by atoms with van der Waals surface area (Å²) in [5.41, 5.74) is 7.00. The van der Waals surface area contributed by atoms with Crippen molar-refractivity contribution in [1.82, 2.24) is 0 Å². The average Bonchev–Trinajstić information content (AvgIpc) is 2.27. The molecule has 16 heavy (non-hydrogen) atoms. The minimum atomic E-state index is 0.146. The number of halogens is 1. The van der Waals surface area contributed by atoms with Crippen molar-refractivity contribution in [2.75, 3.05) is 13.7 Å². The van der Waals surface area contributed by atoms with E-state index in [-0.39, 0.29) is 5.41 Å². The Morgan fingerprint density at radius 1 is 1.38 bits per heavy atom. The maximum atomic E-state index is 5.56. The molecule has 2 nitrogen and oxygen atoms in total. The molecular formula is C13H20BrNO. The lowest BCUT2D eigenvalue weighted by molar-refractivity contribution is 0.407. The number of hydrogen-bond donors (Lipinski definition) is 1. The lowest BCUT2D eigenvalue weighted by Crippen LogP contribution is -2.18. The van der Waals surface area contributed by atoms with E-state index in [1.807, 2.05) is 6.07 Å². The fraction of sp³-hybridized carbons (Fsp3) is 0.538. The van der Waals surface area contributed by atoms with Crippen LogP contribution in [0.1, 0.15) is 32.3 Å². The molecular weight excluding hydrogens is 266 g/mol. The molecule has 0 radical (unpaired) electrons. The molecule has 1 aromatic carbocycles. The summed E-state index contributed by atoms with van der Waals surface area (Å²) in [5.74, 6) is 0.887. The Hall–Kier alpha value is -0.540. The first-order valence-corrected chi connectivity index (χ1v) is 6.34. The molecule has 0 saturated carbocycles. The van der Waals surface area contributed by atoms with Crippen molar-refractivity contribution in [2.24, 2.45) is 5.73 Å². The van der Waals surface area contributed by atoms with Crippen LogP contribution in [0.15, 0.2) is 22.7 Å². The van der Waals surface area contributed by atoms with Gasteiger partial charge < -0.3 is 10.5 Å². The van der Waals surface area contributed by atoms with Crippen molar-refractivity contribution < 1.29 is 4.74 Å². The molecule has 0 amide bonds. The second-order valence-electron chi connectivity index (χ2n) is 4.63. The largest absolute Gasteiger partial charge is 0.496 e. The summed E-state index contributed by atoms with van der Waals surface area (Å²) < 4.78 is 6.31. The van der Waals surface area contributed by atoms with Gasteiger partial charge in [-0.05, 0) is 58.4 Å². The van der Waals surface area contributed by atoms with Crippen LogP contribution in [0.2, 0.25) is 0 Å².